The van der Waals surface area contributed by atoms with Gasteiger partial charge in [-0.3, -0.25) is 4.79 Å². The highest BCUT2D eigenvalue weighted by Crippen LogP contribution is 2.32. The molecule has 3 aromatic carbocycles. The van der Waals surface area contributed by atoms with Crippen LogP contribution in [0.2, 0.25) is 0 Å². The Bertz CT molecular complexity index is 1240. The molecule has 0 radical (unpaired) electrons. The summed E-state index contributed by atoms with van der Waals surface area (Å²) in [7, 11) is 0. The maximum Gasteiger partial charge on any atom is 0.226 e. The van der Waals surface area contributed by atoms with E-state index in [4.69, 9.17) is 9.84 Å². The van der Waals surface area contributed by atoms with Crippen molar-refractivity contribution in [3.63, 3.8) is 0 Å². The van der Waals surface area contributed by atoms with Crippen molar-refractivity contribution in [3.05, 3.63) is 102 Å². The predicted molar refractivity (Wildman–Crippen MR) is 123 cm³/mol. The number of amides is 1. The van der Waals surface area contributed by atoms with Gasteiger partial charge in [-0.1, -0.05) is 31.2 Å². The topological polar surface area (TPSA) is 56.2 Å². The quantitative estimate of drug-likeness (QED) is 0.356. The van der Waals surface area contributed by atoms with Gasteiger partial charge in [0.1, 0.15) is 17.4 Å². The second-order valence-corrected chi connectivity index (χ2v) is 7.45. The minimum Gasteiger partial charge on any atom is -0.439 e. The van der Waals surface area contributed by atoms with Crippen molar-refractivity contribution in [2.45, 2.75) is 26.2 Å². The molecule has 5 nitrogen and oxygen atoms in total. The number of rotatable bonds is 8. The van der Waals surface area contributed by atoms with E-state index >= 15 is 0 Å². The lowest BCUT2D eigenvalue weighted by atomic mass is 10.1. The summed E-state index contributed by atoms with van der Waals surface area (Å²) in [6.45, 7) is 1.98. The lowest BCUT2D eigenvalue weighted by Gasteiger charge is -2.12. The molecule has 4 aromatic rings. The molecular formula is C26H23F2N3O2. The first-order chi connectivity index (χ1) is 16.0. The summed E-state index contributed by atoms with van der Waals surface area (Å²) in [5.74, 6) is -0.0877. The summed E-state index contributed by atoms with van der Waals surface area (Å²) >= 11 is 0. The minimum atomic E-state index is -0.416. The van der Waals surface area contributed by atoms with Crippen LogP contribution in [0.25, 0.3) is 5.69 Å². The summed E-state index contributed by atoms with van der Waals surface area (Å²) in [6.07, 6.45) is 1.16. The molecule has 0 aliphatic rings. The average Bonchev–Trinajstić information content (AvgIpc) is 3.17. The molecule has 0 atom stereocenters. The number of hydrogen-bond donors (Lipinski definition) is 1. The first kappa shape index (κ1) is 22.2. The van der Waals surface area contributed by atoms with Gasteiger partial charge in [-0.15, -0.1) is 0 Å². The number of aryl methyl sites for hydroxylation is 1. The Morgan fingerprint density at radius 3 is 2.42 bits per heavy atom. The van der Waals surface area contributed by atoms with E-state index in [0.29, 0.717) is 30.2 Å². The maximum atomic E-state index is 13.4. The molecule has 7 heteroatoms. The molecule has 0 aliphatic heterocycles. The zero-order valence-corrected chi connectivity index (χ0v) is 18.1. The van der Waals surface area contributed by atoms with Crippen LogP contribution in [-0.2, 0) is 17.6 Å². The highest BCUT2D eigenvalue weighted by Gasteiger charge is 2.21. The number of carbonyl (C=O) groups is 1. The molecule has 0 saturated carbocycles. The van der Waals surface area contributed by atoms with E-state index in [9.17, 15) is 13.6 Å². The lowest BCUT2D eigenvalue weighted by Crippen LogP contribution is -2.13. The third-order valence-corrected chi connectivity index (χ3v) is 5.09. The van der Waals surface area contributed by atoms with Crippen LogP contribution in [0.3, 0.4) is 0 Å². The Balaban J connectivity index is 1.63. The Hall–Kier alpha value is -4.00. The number of carbonyl (C=O) groups excluding carboxylic acids is 1. The molecule has 0 saturated heterocycles. The molecular weight excluding hydrogens is 424 g/mol. The molecule has 0 unspecified atom stereocenters. The fourth-order valence-corrected chi connectivity index (χ4v) is 3.50. The second-order valence-electron chi connectivity index (χ2n) is 7.45. The summed E-state index contributed by atoms with van der Waals surface area (Å²) in [4.78, 5) is 12.5. The highest BCUT2D eigenvalue weighted by molar-refractivity contribution is 5.90. The standard InChI is InChI=1S/C26H23F2N3O2/c1-2-24-23(15-16-25(32)29-20-8-6-7-19(28)17-20)26(33-22-13-11-18(27)12-14-22)31(30-24)21-9-4-3-5-10-21/h3-14,17H,2,15-16H2,1H3,(H,29,32). The van der Waals surface area contributed by atoms with Crippen LogP contribution in [0.5, 0.6) is 11.6 Å². The van der Waals surface area contributed by atoms with Gasteiger partial charge < -0.3 is 10.1 Å². The molecule has 4 rings (SSSR count). The smallest absolute Gasteiger partial charge is 0.226 e. The van der Waals surface area contributed by atoms with E-state index in [1.807, 2.05) is 37.3 Å². The SMILES string of the molecule is CCc1nn(-c2ccccc2)c(Oc2ccc(F)cc2)c1CCC(=O)Nc1cccc(F)c1. The number of hydrogen-bond acceptors (Lipinski definition) is 3. The predicted octanol–water partition coefficient (Wildman–Crippen LogP) is 6.08. The molecule has 1 N–H and O–H groups in total. The molecule has 0 fully saturated rings. The van der Waals surface area contributed by atoms with Crippen molar-refractivity contribution in [2.24, 2.45) is 0 Å². The van der Waals surface area contributed by atoms with Gasteiger partial charge in [0, 0.05) is 17.7 Å². The van der Waals surface area contributed by atoms with Crippen LogP contribution in [0, 0.1) is 11.6 Å². The number of ether oxygens (including phenoxy) is 1. The first-order valence-electron chi connectivity index (χ1n) is 10.7. The minimum absolute atomic E-state index is 0.157. The Kier molecular flexibility index (Phi) is 6.78. The number of nitrogens with one attached hydrogen (secondary N) is 1. The van der Waals surface area contributed by atoms with Gasteiger partial charge in [0.2, 0.25) is 11.8 Å². The van der Waals surface area contributed by atoms with E-state index in [2.05, 4.69) is 5.32 Å². The lowest BCUT2D eigenvalue weighted by molar-refractivity contribution is -0.116. The third-order valence-electron chi connectivity index (χ3n) is 5.09. The Morgan fingerprint density at radius 2 is 1.73 bits per heavy atom. The van der Waals surface area contributed by atoms with Crippen molar-refractivity contribution >= 4 is 11.6 Å². The third kappa shape index (κ3) is 5.44. The molecule has 1 heterocycles. The average molecular weight is 447 g/mol. The highest BCUT2D eigenvalue weighted by atomic mass is 19.1. The molecule has 0 aliphatic carbocycles. The van der Waals surface area contributed by atoms with Crippen molar-refractivity contribution in [1.82, 2.24) is 9.78 Å². The van der Waals surface area contributed by atoms with Crippen LogP contribution in [0.4, 0.5) is 14.5 Å². The van der Waals surface area contributed by atoms with Gasteiger partial charge in [-0.25, -0.2) is 13.5 Å². The number of nitrogens with zero attached hydrogens (tertiary/aromatic N) is 2. The van der Waals surface area contributed by atoms with E-state index in [0.717, 1.165) is 16.9 Å². The molecule has 168 valence electrons. The number of halogens is 2. The van der Waals surface area contributed by atoms with Crippen molar-refractivity contribution in [3.8, 4) is 17.3 Å². The van der Waals surface area contributed by atoms with Gasteiger partial charge in [0.25, 0.3) is 0 Å². The number of para-hydroxylation sites is 1. The number of benzene rings is 3. The normalized spacial score (nSPS) is 10.8. The van der Waals surface area contributed by atoms with Crippen LogP contribution >= 0.6 is 0 Å². The summed E-state index contributed by atoms with van der Waals surface area (Å²) in [6, 6.07) is 21.0. The fraction of sp³-hybridized carbons (Fsp3) is 0.154. The van der Waals surface area contributed by atoms with Gasteiger partial charge in [0.05, 0.1) is 11.4 Å². The summed E-state index contributed by atoms with van der Waals surface area (Å²) < 4.78 is 34.6. The van der Waals surface area contributed by atoms with Crippen molar-refractivity contribution < 1.29 is 18.3 Å². The summed E-state index contributed by atoms with van der Waals surface area (Å²) in [5.41, 5.74) is 2.80. The zero-order valence-electron chi connectivity index (χ0n) is 18.1. The zero-order chi connectivity index (χ0) is 23.2. The fourth-order valence-electron chi connectivity index (χ4n) is 3.50. The van der Waals surface area contributed by atoms with E-state index < -0.39 is 5.82 Å². The molecule has 0 bridgehead atoms. The van der Waals surface area contributed by atoms with Crippen molar-refractivity contribution in [2.75, 3.05) is 5.32 Å². The van der Waals surface area contributed by atoms with Crippen LogP contribution in [-0.4, -0.2) is 15.7 Å². The summed E-state index contributed by atoms with van der Waals surface area (Å²) in [5, 5.41) is 7.44. The Morgan fingerprint density at radius 1 is 0.970 bits per heavy atom. The molecule has 1 amide bonds. The van der Waals surface area contributed by atoms with Gasteiger partial charge in [-0.2, -0.15) is 5.10 Å². The largest absolute Gasteiger partial charge is 0.439 e. The van der Waals surface area contributed by atoms with Gasteiger partial charge in [-0.05, 0) is 67.4 Å². The number of anilines is 1. The maximum absolute atomic E-state index is 13.4. The second kappa shape index (κ2) is 10.1. The number of aromatic nitrogens is 2. The van der Waals surface area contributed by atoms with Crippen LogP contribution < -0.4 is 10.1 Å². The molecule has 0 spiro atoms. The van der Waals surface area contributed by atoms with Gasteiger partial charge >= 0.3 is 0 Å². The van der Waals surface area contributed by atoms with Gasteiger partial charge in [0.15, 0.2) is 0 Å². The first-order valence-corrected chi connectivity index (χ1v) is 10.7. The van der Waals surface area contributed by atoms with Crippen molar-refractivity contribution in [1.29, 1.82) is 0 Å². The molecule has 33 heavy (non-hydrogen) atoms. The van der Waals surface area contributed by atoms with E-state index in [1.54, 1.807) is 28.9 Å². The van der Waals surface area contributed by atoms with E-state index in [-0.39, 0.29) is 18.1 Å². The molecule has 1 aromatic heterocycles. The monoisotopic (exact) mass is 447 g/mol. The van der Waals surface area contributed by atoms with Crippen LogP contribution in [0.15, 0.2) is 78.9 Å². The Labute approximate surface area is 190 Å². The van der Waals surface area contributed by atoms with Crippen LogP contribution in [0.1, 0.15) is 24.6 Å². The van der Waals surface area contributed by atoms with E-state index in [1.165, 1.54) is 24.3 Å².